The first-order chi connectivity index (χ1) is 16.0. The molecule has 6 nitrogen and oxygen atoms in total. The second-order valence-electron chi connectivity index (χ2n) is 7.55. The molecule has 0 saturated carbocycles. The summed E-state index contributed by atoms with van der Waals surface area (Å²) in [5, 5.41) is 12.7. The molecule has 168 valence electrons. The molecule has 2 aromatic carbocycles. The number of aliphatic imine (C=N–C) groups is 1. The van der Waals surface area contributed by atoms with Crippen molar-refractivity contribution in [2.45, 2.75) is 13.8 Å². The van der Waals surface area contributed by atoms with Gasteiger partial charge in [-0.15, -0.1) is 0 Å². The third-order valence-corrected chi connectivity index (χ3v) is 4.71. The molecule has 7 heteroatoms. The Morgan fingerprint density at radius 1 is 1.21 bits per heavy atom. The maximum absolute atomic E-state index is 8.93. The number of para-hydroxylation sites is 1. The van der Waals surface area contributed by atoms with Crippen LogP contribution in [-0.2, 0) is 0 Å². The summed E-state index contributed by atoms with van der Waals surface area (Å²) in [7, 11) is 1.63. The normalized spacial score (nSPS) is 11.2. The predicted molar refractivity (Wildman–Crippen MR) is 134 cm³/mol. The molecule has 0 aliphatic rings. The summed E-state index contributed by atoms with van der Waals surface area (Å²) in [5.74, 6) is 2.38. The number of benzene rings is 2. The number of nitrogens with one attached hydrogen (secondary N) is 1. The van der Waals surface area contributed by atoms with Gasteiger partial charge < -0.3 is 14.8 Å². The van der Waals surface area contributed by atoms with E-state index in [1.807, 2.05) is 36.4 Å². The molecule has 0 atom stereocenters. The molecule has 0 bridgehead atoms. The Bertz CT molecular complexity index is 1180. The standard InChI is InChI=1S/C26H25ClN4O2/c1-18(2)17-33-26-20(6-4-8-24(26)32-3)7-5-13-29-22-11-10-21(27)14-23(22)31-25-12-9-19(15-28)16-30-25/h4-14,16,18H,17H2,1-3H3,(H,30,31)/b7-5+,29-13?. The van der Waals surface area contributed by atoms with Gasteiger partial charge >= 0.3 is 0 Å². The number of pyridine rings is 1. The molecule has 0 fully saturated rings. The quantitative estimate of drug-likeness (QED) is 0.355. The number of nitriles is 1. The van der Waals surface area contributed by atoms with Crippen molar-refractivity contribution in [2.75, 3.05) is 19.0 Å². The Hall–Kier alpha value is -3.82. The number of hydrogen-bond acceptors (Lipinski definition) is 6. The maximum Gasteiger partial charge on any atom is 0.168 e. The lowest BCUT2D eigenvalue weighted by molar-refractivity contribution is 0.256. The van der Waals surface area contributed by atoms with Gasteiger partial charge in [0, 0.05) is 23.0 Å². The number of anilines is 2. The van der Waals surface area contributed by atoms with Crippen molar-refractivity contribution in [3.05, 3.63) is 77.0 Å². The number of rotatable bonds is 9. The minimum absolute atomic E-state index is 0.398. The van der Waals surface area contributed by atoms with E-state index in [-0.39, 0.29) is 0 Å². The van der Waals surface area contributed by atoms with Gasteiger partial charge in [-0.25, -0.2) is 4.98 Å². The second-order valence-corrected chi connectivity index (χ2v) is 7.99. The monoisotopic (exact) mass is 460 g/mol. The molecule has 0 amide bonds. The van der Waals surface area contributed by atoms with Gasteiger partial charge in [-0.1, -0.05) is 37.6 Å². The Labute approximate surface area is 199 Å². The van der Waals surface area contributed by atoms with Crippen LogP contribution in [0.15, 0.2) is 65.8 Å². The van der Waals surface area contributed by atoms with Crippen LogP contribution in [0.4, 0.5) is 17.2 Å². The largest absolute Gasteiger partial charge is 0.493 e. The fourth-order valence-corrected chi connectivity index (χ4v) is 3.06. The molecule has 0 saturated heterocycles. The molecule has 1 N–H and O–H groups in total. The van der Waals surface area contributed by atoms with Crippen LogP contribution in [0.25, 0.3) is 6.08 Å². The Kier molecular flexibility index (Phi) is 8.45. The SMILES string of the molecule is COc1cccc(/C=C/C=Nc2ccc(Cl)cc2Nc2ccc(C#N)cn2)c1OCC(C)C. The Morgan fingerprint density at radius 3 is 2.76 bits per heavy atom. The summed E-state index contributed by atoms with van der Waals surface area (Å²) in [5.41, 5.74) is 2.78. The summed E-state index contributed by atoms with van der Waals surface area (Å²) >= 11 is 6.17. The van der Waals surface area contributed by atoms with Gasteiger partial charge in [-0.05, 0) is 54.5 Å². The minimum atomic E-state index is 0.398. The zero-order valence-corrected chi connectivity index (χ0v) is 19.5. The smallest absolute Gasteiger partial charge is 0.168 e. The molecule has 3 rings (SSSR count). The third kappa shape index (κ3) is 6.83. The first kappa shape index (κ1) is 23.8. The van der Waals surface area contributed by atoms with E-state index in [1.165, 1.54) is 6.20 Å². The molecule has 1 heterocycles. The average Bonchev–Trinajstić information content (AvgIpc) is 2.82. The van der Waals surface area contributed by atoms with Crippen LogP contribution in [0.5, 0.6) is 11.5 Å². The van der Waals surface area contributed by atoms with Gasteiger partial charge in [0.05, 0.1) is 30.7 Å². The van der Waals surface area contributed by atoms with Crippen molar-refractivity contribution in [3.8, 4) is 17.6 Å². The van der Waals surface area contributed by atoms with Crippen molar-refractivity contribution in [1.29, 1.82) is 5.26 Å². The van der Waals surface area contributed by atoms with Crippen LogP contribution in [0.2, 0.25) is 5.02 Å². The molecule has 0 radical (unpaired) electrons. The van der Waals surface area contributed by atoms with Crippen molar-refractivity contribution in [2.24, 2.45) is 10.9 Å². The lowest BCUT2D eigenvalue weighted by Gasteiger charge is -2.14. The fourth-order valence-electron chi connectivity index (χ4n) is 2.89. The fraction of sp³-hybridized carbons (Fsp3) is 0.192. The van der Waals surface area contributed by atoms with Crippen molar-refractivity contribution < 1.29 is 9.47 Å². The summed E-state index contributed by atoms with van der Waals surface area (Å²) < 4.78 is 11.4. The highest BCUT2D eigenvalue weighted by Gasteiger charge is 2.09. The van der Waals surface area contributed by atoms with E-state index in [0.29, 0.717) is 51.8 Å². The molecule has 1 aromatic heterocycles. The molecule has 0 unspecified atom stereocenters. The van der Waals surface area contributed by atoms with Gasteiger partial charge in [0.15, 0.2) is 11.5 Å². The van der Waals surface area contributed by atoms with Gasteiger partial charge in [-0.2, -0.15) is 5.26 Å². The topological polar surface area (TPSA) is 79.5 Å². The number of hydrogen-bond donors (Lipinski definition) is 1. The van der Waals surface area contributed by atoms with Gasteiger partial charge in [0.2, 0.25) is 0 Å². The zero-order chi connectivity index (χ0) is 23.6. The van der Waals surface area contributed by atoms with Crippen molar-refractivity contribution in [1.82, 2.24) is 4.98 Å². The Morgan fingerprint density at radius 2 is 2.06 bits per heavy atom. The predicted octanol–water partition coefficient (Wildman–Crippen LogP) is 6.81. The van der Waals surface area contributed by atoms with Gasteiger partial charge in [-0.3, -0.25) is 4.99 Å². The number of nitrogens with zero attached hydrogens (tertiary/aromatic N) is 3. The highest BCUT2D eigenvalue weighted by atomic mass is 35.5. The van der Waals surface area contributed by atoms with Crippen molar-refractivity contribution >= 4 is 41.1 Å². The third-order valence-electron chi connectivity index (χ3n) is 4.48. The van der Waals surface area contributed by atoms with Crippen molar-refractivity contribution in [3.63, 3.8) is 0 Å². The van der Waals surface area contributed by atoms with Crippen LogP contribution in [0, 0.1) is 17.2 Å². The number of ether oxygens (including phenoxy) is 2. The van der Waals surface area contributed by atoms with E-state index < -0.39 is 0 Å². The van der Waals surface area contributed by atoms with Crippen LogP contribution in [-0.4, -0.2) is 24.9 Å². The zero-order valence-electron chi connectivity index (χ0n) is 18.7. The van der Waals surface area contributed by atoms with E-state index in [2.05, 4.69) is 35.2 Å². The number of allylic oxidation sites excluding steroid dienone is 1. The van der Waals surface area contributed by atoms with Crippen LogP contribution in [0.3, 0.4) is 0 Å². The number of aromatic nitrogens is 1. The van der Waals surface area contributed by atoms with E-state index >= 15 is 0 Å². The lowest BCUT2D eigenvalue weighted by atomic mass is 10.1. The molecule has 33 heavy (non-hydrogen) atoms. The first-order valence-electron chi connectivity index (χ1n) is 10.4. The molecule has 0 aliphatic carbocycles. The van der Waals surface area contributed by atoms with Crippen LogP contribution < -0.4 is 14.8 Å². The molecular weight excluding hydrogens is 436 g/mol. The highest BCUT2D eigenvalue weighted by Crippen LogP contribution is 2.33. The molecule has 0 aliphatic heterocycles. The number of halogens is 1. The van der Waals surface area contributed by atoms with Crippen LogP contribution >= 0.6 is 11.6 Å². The van der Waals surface area contributed by atoms with Crippen LogP contribution in [0.1, 0.15) is 25.0 Å². The van der Waals surface area contributed by atoms with Gasteiger partial charge in [0.1, 0.15) is 11.9 Å². The van der Waals surface area contributed by atoms with E-state index in [9.17, 15) is 0 Å². The number of methoxy groups -OCH3 is 1. The molecule has 3 aromatic rings. The van der Waals surface area contributed by atoms with Gasteiger partial charge in [0.25, 0.3) is 0 Å². The second kappa shape index (κ2) is 11.7. The summed E-state index contributed by atoms with van der Waals surface area (Å²) in [6.45, 7) is 4.80. The molecular formula is C26H25ClN4O2. The summed E-state index contributed by atoms with van der Waals surface area (Å²) in [6.07, 6.45) is 6.97. The first-order valence-corrected chi connectivity index (χ1v) is 10.8. The summed E-state index contributed by atoms with van der Waals surface area (Å²) in [6, 6.07) is 16.6. The summed E-state index contributed by atoms with van der Waals surface area (Å²) in [4.78, 5) is 8.79. The minimum Gasteiger partial charge on any atom is -0.493 e. The molecule has 0 spiro atoms. The highest BCUT2D eigenvalue weighted by molar-refractivity contribution is 6.31. The van der Waals surface area contributed by atoms with E-state index in [0.717, 1.165) is 5.56 Å². The maximum atomic E-state index is 8.93. The van der Waals surface area contributed by atoms with E-state index in [4.69, 9.17) is 26.3 Å². The lowest BCUT2D eigenvalue weighted by Crippen LogP contribution is -2.06. The average molecular weight is 461 g/mol. The Balaban J connectivity index is 1.80. The van der Waals surface area contributed by atoms with E-state index in [1.54, 1.807) is 37.6 Å².